The summed E-state index contributed by atoms with van der Waals surface area (Å²) in [7, 11) is 0. The Morgan fingerprint density at radius 3 is 2.71 bits per heavy atom. The lowest BCUT2D eigenvalue weighted by atomic mass is 10.0. The van der Waals surface area contributed by atoms with Crippen LogP contribution >= 0.6 is 0 Å². The maximum atomic E-state index is 13.5. The van der Waals surface area contributed by atoms with Crippen molar-refractivity contribution < 1.29 is 19.1 Å². The zero-order valence-corrected chi connectivity index (χ0v) is 12.9. The van der Waals surface area contributed by atoms with Crippen LogP contribution in [0.1, 0.15) is 11.1 Å². The summed E-state index contributed by atoms with van der Waals surface area (Å²) in [5.41, 5.74) is 2.05. The minimum absolute atomic E-state index is 0.0167. The molecule has 6 heteroatoms. The number of hydrogen-bond acceptors (Lipinski definition) is 3. The number of carboxylic acids is 1. The fraction of sp³-hybridized carbons (Fsp3) is 0.222. The second-order valence-corrected chi connectivity index (χ2v) is 5.72. The highest BCUT2D eigenvalue weighted by Crippen LogP contribution is 2.24. The molecule has 5 nitrogen and oxygen atoms in total. The summed E-state index contributed by atoms with van der Waals surface area (Å²) in [5.74, 6) is -1.82. The van der Waals surface area contributed by atoms with Crippen LogP contribution in [-0.4, -0.2) is 34.5 Å². The third-order valence-corrected chi connectivity index (χ3v) is 4.09. The third-order valence-electron chi connectivity index (χ3n) is 4.09. The Morgan fingerprint density at radius 2 is 2.00 bits per heavy atom. The summed E-state index contributed by atoms with van der Waals surface area (Å²) in [6, 6.07) is 12.3. The number of aliphatic carboxylic acids is 1. The Bertz CT molecular complexity index is 764. The van der Waals surface area contributed by atoms with Gasteiger partial charge in [0.25, 0.3) is 0 Å². The van der Waals surface area contributed by atoms with Crippen LogP contribution in [0.25, 0.3) is 0 Å². The number of carboxylic acid groups (broad SMARTS) is 1. The molecule has 2 aromatic rings. The Labute approximate surface area is 138 Å². The molecule has 2 N–H and O–H groups in total. The highest BCUT2D eigenvalue weighted by Gasteiger charge is 2.32. The van der Waals surface area contributed by atoms with Crippen LogP contribution in [0.2, 0.25) is 0 Å². The van der Waals surface area contributed by atoms with E-state index >= 15 is 0 Å². The zero-order chi connectivity index (χ0) is 17.1. The second kappa shape index (κ2) is 6.70. The topological polar surface area (TPSA) is 69.6 Å². The summed E-state index contributed by atoms with van der Waals surface area (Å²) < 4.78 is 13.5. The first-order valence-electron chi connectivity index (χ1n) is 7.63. The molecule has 1 unspecified atom stereocenters. The van der Waals surface area contributed by atoms with E-state index in [0.717, 1.165) is 5.56 Å². The molecule has 0 aliphatic carbocycles. The summed E-state index contributed by atoms with van der Waals surface area (Å²) in [6.07, 6.45) is 0.201. The predicted molar refractivity (Wildman–Crippen MR) is 87.0 cm³/mol. The second-order valence-electron chi connectivity index (χ2n) is 5.72. The summed E-state index contributed by atoms with van der Waals surface area (Å²) in [4.78, 5) is 25.5. The van der Waals surface area contributed by atoms with Gasteiger partial charge >= 0.3 is 5.97 Å². The van der Waals surface area contributed by atoms with Crippen LogP contribution in [0, 0.1) is 5.82 Å². The molecule has 24 heavy (non-hydrogen) atoms. The number of benzene rings is 2. The van der Waals surface area contributed by atoms with Gasteiger partial charge < -0.3 is 15.3 Å². The van der Waals surface area contributed by atoms with Crippen molar-refractivity contribution in [1.82, 2.24) is 4.90 Å². The number of amides is 1. The van der Waals surface area contributed by atoms with Gasteiger partial charge in [0.05, 0.1) is 6.54 Å². The molecule has 3 rings (SSSR count). The molecule has 0 fully saturated rings. The molecule has 124 valence electrons. The van der Waals surface area contributed by atoms with Gasteiger partial charge in [-0.2, -0.15) is 0 Å². The number of fused-ring (bicyclic) bond motifs is 1. The van der Waals surface area contributed by atoms with E-state index in [1.165, 1.54) is 17.0 Å². The number of carbonyl (C=O) groups is 2. The third kappa shape index (κ3) is 3.37. The number of nitrogens with one attached hydrogen (secondary N) is 1. The molecule has 1 aliphatic rings. The lowest BCUT2D eigenvalue weighted by Gasteiger charge is -2.28. The number of nitrogens with zero attached hydrogens (tertiary/aromatic N) is 1. The van der Waals surface area contributed by atoms with Crippen molar-refractivity contribution in [1.29, 1.82) is 0 Å². The van der Waals surface area contributed by atoms with Gasteiger partial charge in [-0.05, 0) is 29.3 Å². The molecule has 0 spiro atoms. The molecular formula is C18H17FN2O3. The smallest absolute Gasteiger partial charge is 0.326 e. The quantitative estimate of drug-likeness (QED) is 0.903. The zero-order valence-electron chi connectivity index (χ0n) is 12.9. The molecule has 1 amide bonds. The van der Waals surface area contributed by atoms with Gasteiger partial charge in [0, 0.05) is 18.7 Å². The molecule has 0 saturated heterocycles. The van der Waals surface area contributed by atoms with Crippen LogP contribution in [0.3, 0.4) is 0 Å². The monoisotopic (exact) mass is 328 g/mol. The normalized spacial score (nSPS) is 15.2. The minimum Gasteiger partial charge on any atom is -0.480 e. The Hall–Kier alpha value is -2.89. The summed E-state index contributed by atoms with van der Waals surface area (Å²) in [5, 5.41) is 12.5. The lowest BCUT2D eigenvalue weighted by molar-refractivity contribution is -0.150. The van der Waals surface area contributed by atoms with Crippen LogP contribution in [0.5, 0.6) is 0 Å². The number of halogens is 1. The van der Waals surface area contributed by atoms with Crippen molar-refractivity contribution in [2.24, 2.45) is 0 Å². The Kier molecular flexibility index (Phi) is 4.46. The first-order chi connectivity index (χ1) is 11.5. The van der Waals surface area contributed by atoms with E-state index in [4.69, 9.17) is 0 Å². The molecule has 0 bridgehead atoms. The molecule has 2 aromatic carbocycles. The summed E-state index contributed by atoms with van der Waals surface area (Å²) in [6.45, 7) is 0.0416. The molecule has 0 saturated carbocycles. The lowest BCUT2D eigenvalue weighted by Crippen LogP contribution is -2.46. The molecule has 1 atom stereocenters. The summed E-state index contributed by atoms with van der Waals surface area (Å²) >= 11 is 0. The Morgan fingerprint density at radius 1 is 1.25 bits per heavy atom. The number of hydrogen-bond donors (Lipinski definition) is 2. The predicted octanol–water partition coefficient (Wildman–Crippen LogP) is 2.28. The van der Waals surface area contributed by atoms with Crippen molar-refractivity contribution in [3.63, 3.8) is 0 Å². The number of rotatable bonds is 4. The molecule has 1 heterocycles. The van der Waals surface area contributed by atoms with Gasteiger partial charge in [0.15, 0.2) is 0 Å². The average Bonchev–Trinajstić information content (AvgIpc) is 2.72. The van der Waals surface area contributed by atoms with Crippen molar-refractivity contribution in [3.8, 4) is 0 Å². The largest absolute Gasteiger partial charge is 0.480 e. The van der Waals surface area contributed by atoms with E-state index in [1.807, 2.05) is 30.3 Å². The first-order valence-corrected chi connectivity index (χ1v) is 7.63. The van der Waals surface area contributed by atoms with E-state index in [9.17, 15) is 19.1 Å². The SMILES string of the molecule is O=C(O)C(Cc1ccccc1)N1Cc2cc(F)ccc2NCC1=O. The molecule has 0 aromatic heterocycles. The van der Waals surface area contributed by atoms with Gasteiger partial charge in [-0.15, -0.1) is 0 Å². The van der Waals surface area contributed by atoms with Crippen molar-refractivity contribution >= 4 is 17.6 Å². The van der Waals surface area contributed by atoms with Crippen molar-refractivity contribution in [2.45, 2.75) is 19.0 Å². The van der Waals surface area contributed by atoms with Crippen LogP contribution in [0.4, 0.5) is 10.1 Å². The van der Waals surface area contributed by atoms with Crippen LogP contribution in [-0.2, 0) is 22.6 Å². The van der Waals surface area contributed by atoms with Crippen molar-refractivity contribution in [2.75, 3.05) is 11.9 Å². The van der Waals surface area contributed by atoms with Gasteiger partial charge in [-0.25, -0.2) is 9.18 Å². The fourth-order valence-electron chi connectivity index (χ4n) is 2.86. The van der Waals surface area contributed by atoms with E-state index in [1.54, 1.807) is 6.07 Å². The molecule has 0 radical (unpaired) electrons. The minimum atomic E-state index is -1.08. The van der Waals surface area contributed by atoms with E-state index in [2.05, 4.69) is 5.32 Å². The maximum Gasteiger partial charge on any atom is 0.326 e. The van der Waals surface area contributed by atoms with Crippen LogP contribution in [0.15, 0.2) is 48.5 Å². The van der Waals surface area contributed by atoms with E-state index in [0.29, 0.717) is 11.3 Å². The number of anilines is 1. The van der Waals surface area contributed by atoms with Gasteiger partial charge in [-0.1, -0.05) is 30.3 Å². The molecular weight excluding hydrogens is 311 g/mol. The van der Waals surface area contributed by atoms with Crippen LogP contribution < -0.4 is 5.32 Å². The maximum absolute atomic E-state index is 13.5. The highest BCUT2D eigenvalue weighted by molar-refractivity contribution is 5.87. The Balaban J connectivity index is 1.91. The van der Waals surface area contributed by atoms with E-state index < -0.39 is 17.8 Å². The standard InChI is InChI=1S/C18H17FN2O3/c19-14-6-7-15-13(9-14)11-21(17(22)10-20-15)16(18(23)24)8-12-4-2-1-3-5-12/h1-7,9,16,20H,8,10-11H2,(H,23,24). The average molecular weight is 328 g/mol. The number of carbonyl (C=O) groups excluding carboxylic acids is 1. The fourth-order valence-corrected chi connectivity index (χ4v) is 2.86. The van der Waals surface area contributed by atoms with Gasteiger partial charge in [0.1, 0.15) is 11.9 Å². The molecule has 1 aliphatic heterocycles. The highest BCUT2D eigenvalue weighted by atomic mass is 19.1. The van der Waals surface area contributed by atoms with Crippen molar-refractivity contribution in [3.05, 3.63) is 65.5 Å². The van der Waals surface area contributed by atoms with Gasteiger partial charge in [-0.3, -0.25) is 4.79 Å². The van der Waals surface area contributed by atoms with Gasteiger partial charge in [0.2, 0.25) is 5.91 Å². The van der Waals surface area contributed by atoms with E-state index in [-0.39, 0.29) is 25.4 Å². The first kappa shape index (κ1) is 16.0.